The van der Waals surface area contributed by atoms with Crippen LogP contribution in [0.25, 0.3) is 0 Å². The topological polar surface area (TPSA) is 58.4 Å². The van der Waals surface area contributed by atoms with Crippen molar-refractivity contribution in [1.29, 1.82) is 0 Å². The summed E-state index contributed by atoms with van der Waals surface area (Å²) in [6.45, 7) is 3.59. The number of nitrogens with one attached hydrogen (secondary N) is 1. The van der Waals surface area contributed by atoms with E-state index < -0.39 is 0 Å². The number of rotatable bonds is 6. The van der Waals surface area contributed by atoms with Gasteiger partial charge in [-0.05, 0) is 37.9 Å². The Balaban J connectivity index is 1.89. The molecule has 0 saturated heterocycles. The Morgan fingerprint density at radius 1 is 1.44 bits per heavy atom. The third-order valence-corrected chi connectivity index (χ3v) is 3.16. The second kappa shape index (κ2) is 5.87. The summed E-state index contributed by atoms with van der Waals surface area (Å²) in [5.74, 6) is 0.0215. The molecular formula is C14H21N3O. The Morgan fingerprint density at radius 3 is 2.78 bits per heavy atom. The second-order valence-electron chi connectivity index (χ2n) is 4.84. The highest BCUT2D eigenvalue weighted by Crippen LogP contribution is 2.26. The lowest BCUT2D eigenvalue weighted by molar-refractivity contribution is -0.117. The van der Waals surface area contributed by atoms with Crippen LogP contribution in [0.2, 0.25) is 0 Å². The standard InChI is InChI=1S/C14H21N3O/c1-2-9-17(11-7-8-11)10-14(18)16-13-6-4-3-5-12(13)15/h3-6,11H,2,7-10,15H2,1H3,(H,16,18). The van der Waals surface area contributed by atoms with E-state index >= 15 is 0 Å². The number of anilines is 2. The van der Waals surface area contributed by atoms with E-state index in [0.717, 1.165) is 13.0 Å². The molecular weight excluding hydrogens is 226 g/mol. The lowest BCUT2D eigenvalue weighted by Gasteiger charge is -2.20. The van der Waals surface area contributed by atoms with Crippen LogP contribution in [0.4, 0.5) is 11.4 Å². The molecule has 0 bridgehead atoms. The number of para-hydroxylation sites is 2. The molecule has 4 heteroatoms. The molecule has 1 fully saturated rings. The van der Waals surface area contributed by atoms with Gasteiger partial charge in [-0.15, -0.1) is 0 Å². The molecule has 1 aromatic rings. The number of nitrogen functional groups attached to an aromatic ring is 1. The summed E-state index contributed by atoms with van der Waals surface area (Å²) in [4.78, 5) is 14.2. The average Bonchev–Trinajstić information content (AvgIpc) is 3.16. The normalized spacial score (nSPS) is 14.8. The molecule has 1 aliphatic carbocycles. The quantitative estimate of drug-likeness (QED) is 0.757. The zero-order valence-corrected chi connectivity index (χ0v) is 10.9. The predicted octanol–water partition coefficient (Wildman–Crippen LogP) is 2.08. The fourth-order valence-corrected chi connectivity index (χ4v) is 2.10. The molecule has 2 rings (SSSR count). The lowest BCUT2D eigenvalue weighted by atomic mass is 10.2. The summed E-state index contributed by atoms with van der Waals surface area (Å²) in [6.07, 6.45) is 3.53. The highest BCUT2D eigenvalue weighted by molar-refractivity contribution is 5.95. The molecule has 0 heterocycles. The van der Waals surface area contributed by atoms with Crippen LogP contribution < -0.4 is 11.1 Å². The van der Waals surface area contributed by atoms with Crippen molar-refractivity contribution < 1.29 is 4.79 Å². The summed E-state index contributed by atoms with van der Waals surface area (Å²) in [5, 5.41) is 2.88. The van der Waals surface area contributed by atoms with Crippen molar-refractivity contribution in [3.63, 3.8) is 0 Å². The van der Waals surface area contributed by atoms with Crippen molar-refractivity contribution in [2.45, 2.75) is 32.2 Å². The van der Waals surface area contributed by atoms with Crippen molar-refractivity contribution in [2.75, 3.05) is 24.1 Å². The van der Waals surface area contributed by atoms with E-state index in [1.807, 2.05) is 18.2 Å². The molecule has 0 unspecified atom stereocenters. The first-order valence-corrected chi connectivity index (χ1v) is 6.59. The number of carbonyl (C=O) groups is 1. The summed E-state index contributed by atoms with van der Waals surface area (Å²) in [5.41, 5.74) is 7.12. The summed E-state index contributed by atoms with van der Waals surface area (Å²) < 4.78 is 0. The molecule has 1 aromatic carbocycles. The number of hydrogen-bond donors (Lipinski definition) is 2. The van der Waals surface area contributed by atoms with E-state index in [1.54, 1.807) is 6.07 Å². The first kappa shape index (κ1) is 12.9. The third kappa shape index (κ3) is 3.47. The molecule has 0 aliphatic heterocycles. The number of amides is 1. The van der Waals surface area contributed by atoms with Crippen molar-refractivity contribution in [3.05, 3.63) is 24.3 Å². The maximum absolute atomic E-state index is 12.0. The van der Waals surface area contributed by atoms with Crippen LogP contribution in [0.15, 0.2) is 24.3 Å². The van der Waals surface area contributed by atoms with E-state index in [1.165, 1.54) is 12.8 Å². The van der Waals surface area contributed by atoms with E-state index in [2.05, 4.69) is 17.1 Å². The van der Waals surface area contributed by atoms with E-state index in [9.17, 15) is 4.79 Å². The molecule has 1 aliphatic rings. The molecule has 1 amide bonds. The van der Waals surface area contributed by atoms with Gasteiger partial charge < -0.3 is 11.1 Å². The fourth-order valence-electron chi connectivity index (χ4n) is 2.10. The van der Waals surface area contributed by atoms with Gasteiger partial charge in [0.05, 0.1) is 17.9 Å². The van der Waals surface area contributed by atoms with Gasteiger partial charge in [0.2, 0.25) is 5.91 Å². The number of hydrogen-bond acceptors (Lipinski definition) is 3. The Kier molecular flexibility index (Phi) is 4.20. The number of carbonyl (C=O) groups excluding carboxylic acids is 1. The molecule has 98 valence electrons. The Morgan fingerprint density at radius 2 is 2.17 bits per heavy atom. The predicted molar refractivity (Wildman–Crippen MR) is 74.4 cm³/mol. The van der Waals surface area contributed by atoms with Gasteiger partial charge in [-0.1, -0.05) is 19.1 Å². The van der Waals surface area contributed by atoms with Crippen molar-refractivity contribution >= 4 is 17.3 Å². The molecule has 0 atom stereocenters. The number of nitrogens with two attached hydrogens (primary N) is 1. The van der Waals surface area contributed by atoms with Crippen molar-refractivity contribution in [1.82, 2.24) is 4.90 Å². The largest absolute Gasteiger partial charge is 0.397 e. The SMILES string of the molecule is CCCN(CC(=O)Nc1ccccc1N)C1CC1. The Hall–Kier alpha value is -1.55. The van der Waals surface area contributed by atoms with Gasteiger partial charge in [0.25, 0.3) is 0 Å². The van der Waals surface area contributed by atoms with Crippen molar-refractivity contribution in [3.8, 4) is 0 Å². The van der Waals surface area contributed by atoms with Gasteiger partial charge in [-0.25, -0.2) is 0 Å². The van der Waals surface area contributed by atoms with Gasteiger partial charge in [0.15, 0.2) is 0 Å². The van der Waals surface area contributed by atoms with Crippen molar-refractivity contribution in [2.24, 2.45) is 0 Å². The van der Waals surface area contributed by atoms with Crippen LogP contribution in [-0.2, 0) is 4.79 Å². The maximum atomic E-state index is 12.0. The highest BCUT2D eigenvalue weighted by atomic mass is 16.2. The molecule has 0 spiro atoms. The van der Waals surface area contributed by atoms with Gasteiger partial charge in [-0.3, -0.25) is 9.69 Å². The monoisotopic (exact) mass is 247 g/mol. The summed E-state index contributed by atoms with van der Waals surface area (Å²) >= 11 is 0. The average molecular weight is 247 g/mol. The van der Waals surface area contributed by atoms with Crippen LogP contribution in [0, 0.1) is 0 Å². The molecule has 4 nitrogen and oxygen atoms in total. The molecule has 1 saturated carbocycles. The third-order valence-electron chi connectivity index (χ3n) is 3.16. The van der Waals surface area contributed by atoms with Gasteiger partial charge >= 0.3 is 0 Å². The van der Waals surface area contributed by atoms with Gasteiger partial charge in [-0.2, -0.15) is 0 Å². The van der Waals surface area contributed by atoms with Gasteiger partial charge in [0.1, 0.15) is 0 Å². The van der Waals surface area contributed by atoms with Crippen LogP contribution in [0.5, 0.6) is 0 Å². The molecule has 0 aromatic heterocycles. The first-order valence-electron chi connectivity index (χ1n) is 6.59. The van der Waals surface area contributed by atoms with E-state index in [4.69, 9.17) is 5.73 Å². The first-order chi connectivity index (χ1) is 8.70. The van der Waals surface area contributed by atoms with E-state index in [-0.39, 0.29) is 5.91 Å². The number of benzene rings is 1. The molecule has 0 radical (unpaired) electrons. The smallest absolute Gasteiger partial charge is 0.238 e. The minimum atomic E-state index is 0.0215. The zero-order valence-electron chi connectivity index (χ0n) is 10.9. The Labute approximate surface area is 108 Å². The van der Waals surface area contributed by atoms with E-state index in [0.29, 0.717) is 24.0 Å². The summed E-state index contributed by atoms with van der Waals surface area (Å²) in [6, 6.07) is 7.97. The zero-order chi connectivity index (χ0) is 13.0. The second-order valence-corrected chi connectivity index (χ2v) is 4.84. The van der Waals surface area contributed by atoms with Crippen LogP contribution in [0.3, 0.4) is 0 Å². The minimum absolute atomic E-state index is 0.0215. The van der Waals surface area contributed by atoms with Crippen LogP contribution in [0.1, 0.15) is 26.2 Å². The maximum Gasteiger partial charge on any atom is 0.238 e. The van der Waals surface area contributed by atoms with Crippen LogP contribution in [-0.4, -0.2) is 29.9 Å². The number of nitrogens with zero attached hydrogens (tertiary/aromatic N) is 1. The fraction of sp³-hybridized carbons (Fsp3) is 0.500. The van der Waals surface area contributed by atoms with Crippen LogP contribution >= 0.6 is 0 Å². The molecule has 18 heavy (non-hydrogen) atoms. The Bertz CT molecular complexity index is 415. The van der Waals surface area contributed by atoms with Gasteiger partial charge in [0, 0.05) is 6.04 Å². The summed E-state index contributed by atoms with van der Waals surface area (Å²) in [7, 11) is 0. The lowest BCUT2D eigenvalue weighted by Crippen LogP contribution is -2.35. The molecule has 3 N–H and O–H groups in total. The highest BCUT2D eigenvalue weighted by Gasteiger charge is 2.29. The minimum Gasteiger partial charge on any atom is -0.397 e.